The van der Waals surface area contributed by atoms with Gasteiger partial charge in [-0.2, -0.15) is 9.97 Å². The van der Waals surface area contributed by atoms with E-state index in [2.05, 4.69) is 32.1 Å². The Morgan fingerprint density at radius 2 is 1.89 bits per heavy atom. The van der Waals surface area contributed by atoms with Crippen LogP contribution in [0.1, 0.15) is 36.0 Å². The van der Waals surface area contributed by atoms with Gasteiger partial charge in [0.25, 0.3) is 0 Å². The molecule has 35 heavy (non-hydrogen) atoms. The van der Waals surface area contributed by atoms with Gasteiger partial charge in [0, 0.05) is 24.3 Å². The first-order chi connectivity index (χ1) is 16.9. The Morgan fingerprint density at radius 3 is 2.60 bits per heavy atom. The van der Waals surface area contributed by atoms with E-state index in [1.54, 1.807) is 19.5 Å². The molecule has 10 heteroatoms. The van der Waals surface area contributed by atoms with Gasteiger partial charge < -0.3 is 19.4 Å². The van der Waals surface area contributed by atoms with Gasteiger partial charge in [-0.25, -0.2) is 9.37 Å². The van der Waals surface area contributed by atoms with E-state index in [1.807, 2.05) is 49.0 Å². The van der Waals surface area contributed by atoms with Gasteiger partial charge in [-0.1, -0.05) is 0 Å². The zero-order valence-electron chi connectivity index (χ0n) is 19.9. The standard InChI is InChI=1S/C25H26FN7O2/c1-15-12-33(14-28-15)20-8-10-23(31-25(20)34-4)29-22-9-6-18-16(2)32(3)13-21(35-24(18)30-22)19-7-5-17(26)11-27-19/h5-12,14,16,21H,13H2,1-4H3,(H,29,30,31). The summed E-state index contributed by atoms with van der Waals surface area (Å²) in [6.07, 6.45) is 4.44. The van der Waals surface area contributed by atoms with Crippen molar-refractivity contribution < 1.29 is 13.9 Å². The second-order valence-electron chi connectivity index (χ2n) is 8.49. The van der Waals surface area contributed by atoms with Gasteiger partial charge in [-0.3, -0.25) is 9.88 Å². The molecule has 0 radical (unpaired) electrons. The lowest BCUT2D eigenvalue weighted by Crippen LogP contribution is -2.27. The molecule has 0 fully saturated rings. The average Bonchev–Trinajstić information content (AvgIpc) is 3.24. The minimum absolute atomic E-state index is 0.0770. The normalized spacial score (nSPS) is 17.9. The maximum absolute atomic E-state index is 13.4. The van der Waals surface area contributed by atoms with E-state index >= 15 is 0 Å². The van der Waals surface area contributed by atoms with Crippen molar-refractivity contribution in [2.24, 2.45) is 0 Å². The van der Waals surface area contributed by atoms with Gasteiger partial charge in [0.05, 0.1) is 31.0 Å². The van der Waals surface area contributed by atoms with Crippen molar-refractivity contribution in [2.75, 3.05) is 26.0 Å². The molecule has 5 heterocycles. The van der Waals surface area contributed by atoms with Gasteiger partial charge >= 0.3 is 0 Å². The van der Waals surface area contributed by atoms with Crippen molar-refractivity contribution in [1.29, 1.82) is 0 Å². The molecule has 9 nitrogen and oxygen atoms in total. The first-order valence-electron chi connectivity index (χ1n) is 11.2. The molecule has 4 aromatic rings. The zero-order valence-corrected chi connectivity index (χ0v) is 19.9. The van der Waals surface area contributed by atoms with Crippen LogP contribution in [0.15, 0.2) is 55.1 Å². The predicted molar refractivity (Wildman–Crippen MR) is 129 cm³/mol. The molecule has 1 aliphatic rings. The molecule has 2 atom stereocenters. The number of methoxy groups -OCH3 is 1. The number of halogens is 1. The highest BCUT2D eigenvalue weighted by atomic mass is 19.1. The highest BCUT2D eigenvalue weighted by Gasteiger charge is 2.29. The third-order valence-electron chi connectivity index (χ3n) is 6.07. The first kappa shape index (κ1) is 22.7. The summed E-state index contributed by atoms with van der Waals surface area (Å²) >= 11 is 0. The number of ether oxygens (including phenoxy) is 2. The van der Waals surface area contributed by atoms with Crippen molar-refractivity contribution in [2.45, 2.75) is 26.0 Å². The lowest BCUT2D eigenvalue weighted by atomic mass is 10.1. The molecular weight excluding hydrogens is 449 g/mol. The minimum Gasteiger partial charge on any atom is -0.479 e. The Labute approximate surface area is 202 Å². The number of rotatable bonds is 5. The molecule has 2 unspecified atom stereocenters. The summed E-state index contributed by atoms with van der Waals surface area (Å²) in [5.41, 5.74) is 3.29. The van der Waals surface area contributed by atoms with E-state index in [0.717, 1.165) is 16.9 Å². The molecular formula is C25H26FN7O2. The van der Waals surface area contributed by atoms with Gasteiger partial charge in [0.1, 0.15) is 23.1 Å². The van der Waals surface area contributed by atoms with Gasteiger partial charge in [0.2, 0.25) is 11.8 Å². The Hall–Kier alpha value is -4.05. The van der Waals surface area contributed by atoms with Crippen LogP contribution in [-0.4, -0.2) is 50.1 Å². The number of nitrogens with zero attached hydrogens (tertiary/aromatic N) is 6. The molecule has 0 saturated carbocycles. The monoisotopic (exact) mass is 475 g/mol. The summed E-state index contributed by atoms with van der Waals surface area (Å²) in [5.74, 6) is 1.72. The lowest BCUT2D eigenvalue weighted by Gasteiger charge is -2.23. The molecule has 0 aliphatic carbocycles. The molecule has 180 valence electrons. The van der Waals surface area contributed by atoms with Crippen molar-refractivity contribution in [3.63, 3.8) is 0 Å². The first-order valence-corrected chi connectivity index (χ1v) is 11.2. The van der Waals surface area contributed by atoms with Crippen LogP contribution in [-0.2, 0) is 0 Å². The molecule has 0 aromatic carbocycles. The molecule has 0 bridgehead atoms. The van der Waals surface area contributed by atoms with E-state index in [1.165, 1.54) is 12.3 Å². The van der Waals surface area contributed by atoms with Crippen LogP contribution in [0.3, 0.4) is 0 Å². The van der Waals surface area contributed by atoms with E-state index in [-0.39, 0.29) is 18.0 Å². The number of imidazole rings is 1. The lowest BCUT2D eigenvalue weighted by molar-refractivity contribution is 0.144. The number of fused-ring (bicyclic) bond motifs is 1. The van der Waals surface area contributed by atoms with E-state index < -0.39 is 0 Å². The van der Waals surface area contributed by atoms with Crippen LogP contribution in [0.2, 0.25) is 0 Å². The second-order valence-corrected chi connectivity index (χ2v) is 8.49. The number of pyridine rings is 3. The van der Waals surface area contributed by atoms with Crippen LogP contribution >= 0.6 is 0 Å². The largest absolute Gasteiger partial charge is 0.479 e. The molecule has 0 amide bonds. The Kier molecular flexibility index (Phi) is 6.04. The smallest absolute Gasteiger partial charge is 0.240 e. The molecule has 1 N–H and O–H groups in total. The van der Waals surface area contributed by atoms with E-state index in [9.17, 15) is 4.39 Å². The van der Waals surface area contributed by atoms with Crippen molar-refractivity contribution in [3.8, 4) is 17.4 Å². The summed E-state index contributed by atoms with van der Waals surface area (Å²) < 4.78 is 27.1. The van der Waals surface area contributed by atoms with Gasteiger partial charge in [0.15, 0.2) is 6.10 Å². The SMILES string of the molecule is COc1nc(Nc2ccc3c(n2)OC(c2ccc(F)cn2)CN(C)C3C)ccc1-n1cnc(C)c1. The molecule has 0 saturated heterocycles. The fourth-order valence-corrected chi connectivity index (χ4v) is 4.03. The van der Waals surface area contributed by atoms with E-state index in [4.69, 9.17) is 14.5 Å². The van der Waals surface area contributed by atoms with Gasteiger partial charge in [-0.15, -0.1) is 0 Å². The number of likely N-dealkylation sites (N-methyl/N-ethyl adjacent to an activating group) is 1. The zero-order chi connectivity index (χ0) is 24.5. The highest BCUT2D eigenvalue weighted by Crippen LogP contribution is 2.36. The fraction of sp³-hybridized carbons (Fsp3) is 0.280. The molecule has 4 aromatic heterocycles. The number of aryl methyl sites for hydroxylation is 1. The molecule has 1 aliphatic heterocycles. The van der Waals surface area contributed by atoms with Crippen molar-refractivity contribution in [3.05, 3.63) is 77.9 Å². The third-order valence-corrected chi connectivity index (χ3v) is 6.07. The Balaban J connectivity index is 1.43. The number of aromatic nitrogens is 5. The predicted octanol–water partition coefficient (Wildman–Crippen LogP) is 4.38. The van der Waals surface area contributed by atoms with Crippen LogP contribution in [0.5, 0.6) is 11.8 Å². The van der Waals surface area contributed by atoms with Gasteiger partial charge in [-0.05, 0) is 57.3 Å². The maximum atomic E-state index is 13.4. The van der Waals surface area contributed by atoms with Crippen LogP contribution < -0.4 is 14.8 Å². The Morgan fingerprint density at radius 1 is 1.09 bits per heavy atom. The Bertz CT molecular complexity index is 1340. The molecule has 5 rings (SSSR count). The summed E-state index contributed by atoms with van der Waals surface area (Å²) in [5, 5.41) is 3.24. The quantitative estimate of drug-likeness (QED) is 0.455. The topological polar surface area (TPSA) is 90.2 Å². The number of hydrogen-bond donors (Lipinski definition) is 1. The van der Waals surface area contributed by atoms with Crippen LogP contribution in [0, 0.1) is 12.7 Å². The number of nitrogens with one attached hydrogen (secondary N) is 1. The summed E-state index contributed by atoms with van der Waals surface area (Å²) in [6, 6.07) is 10.8. The van der Waals surface area contributed by atoms with Crippen LogP contribution in [0.4, 0.5) is 16.0 Å². The number of anilines is 2. The summed E-state index contributed by atoms with van der Waals surface area (Å²) in [4.78, 5) is 20.0. The van der Waals surface area contributed by atoms with Crippen molar-refractivity contribution in [1.82, 2.24) is 29.4 Å². The highest BCUT2D eigenvalue weighted by molar-refractivity contribution is 5.57. The average molecular weight is 476 g/mol. The second kappa shape index (κ2) is 9.30. The third kappa shape index (κ3) is 4.65. The van der Waals surface area contributed by atoms with Crippen molar-refractivity contribution >= 4 is 11.6 Å². The fourth-order valence-electron chi connectivity index (χ4n) is 4.03. The minimum atomic E-state index is -0.386. The molecule has 0 spiro atoms. The van der Waals surface area contributed by atoms with E-state index in [0.29, 0.717) is 35.6 Å². The number of hydrogen-bond acceptors (Lipinski definition) is 8. The maximum Gasteiger partial charge on any atom is 0.240 e. The summed E-state index contributed by atoms with van der Waals surface area (Å²) in [6.45, 7) is 4.61. The summed E-state index contributed by atoms with van der Waals surface area (Å²) in [7, 11) is 3.60. The van der Waals surface area contributed by atoms with Crippen LogP contribution in [0.25, 0.3) is 5.69 Å².